The van der Waals surface area contributed by atoms with E-state index in [4.69, 9.17) is 10.8 Å². The Morgan fingerprint density at radius 3 is 2.58 bits per heavy atom. The molecule has 0 aliphatic carbocycles. The van der Waals surface area contributed by atoms with Gasteiger partial charge in [0, 0.05) is 38.4 Å². The second-order valence-corrected chi connectivity index (χ2v) is 4.90. The van der Waals surface area contributed by atoms with E-state index in [-0.39, 0.29) is 12.5 Å². The first-order chi connectivity index (χ1) is 9.13. The molecule has 5 heteroatoms. The number of amides is 1. The zero-order valence-corrected chi connectivity index (χ0v) is 11.3. The number of aliphatic hydroxyl groups is 1. The van der Waals surface area contributed by atoms with Gasteiger partial charge in [-0.25, -0.2) is 0 Å². The van der Waals surface area contributed by atoms with E-state index in [9.17, 15) is 4.79 Å². The lowest BCUT2D eigenvalue weighted by Gasteiger charge is -2.34. The Hall–Kier alpha value is -1.59. The summed E-state index contributed by atoms with van der Waals surface area (Å²) in [6, 6.07) is 5.54. The molecule has 1 saturated heterocycles. The first kappa shape index (κ1) is 13.8. The van der Waals surface area contributed by atoms with Gasteiger partial charge in [-0.1, -0.05) is 12.1 Å². The lowest BCUT2D eigenvalue weighted by atomic mass is 10.0. The van der Waals surface area contributed by atoms with Crippen molar-refractivity contribution in [2.24, 2.45) is 0 Å². The highest BCUT2D eigenvalue weighted by molar-refractivity contribution is 6.00. The van der Waals surface area contributed by atoms with Gasteiger partial charge in [0.05, 0.1) is 12.2 Å². The van der Waals surface area contributed by atoms with E-state index < -0.39 is 0 Å². The number of anilines is 1. The van der Waals surface area contributed by atoms with Crippen LogP contribution >= 0.6 is 0 Å². The van der Waals surface area contributed by atoms with Gasteiger partial charge >= 0.3 is 0 Å². The summed E-state index contributed by atoms with van der Waals surface area (Å²) in [5.41, 5.74) is 8.00. The number of hydrogen-bond acceptors (Lipinski definition) is 4. The number of rotatable bonds is 3. The van der Waals surface area contributed by atoms with Gasteiger partial charge < -0.3 is 15.7 Å². The second-order valence-electron chi connectivity index (χ2n) is 4.90. The summed E-state index contributed by atoms with van der Waals surface area (Å²) < 4.78 is 0. The Kier molecular flexibility index (Phi) is 4.39. The second kappa shape index (κ2) is 6.04. The molecule has 3 N–H and O–H groups in total. The molecule has 1 aromatic carbocycles. The van der Waals surface area contributed by atoms with Crippen molar-refractivity contribution in [1.82, 2.24) is 9.80 Å². The number of piperazine rings is 1. The molecule has 104 valence electrons. The molecule has 1 amide bonds. The molecular weight excluding hydrogens is 242 g/mol. The lowest BCUT2D eigenvalue weighted by Crippen LogP contribution is -2.49. The van der Waals surface area contributed by atoms with Crippen LogP contribution in [0.25, 0.3) is 0 Å². The Labute approximate surface area is 113 Å². The number of aliphatic hydroxyl groups excluding tert-OH is 1. The minimum Gasteiger partial charge on any atom is -0.398 e. The van der Waals surface area contributed by atoms with Crippen LogP contribution in [0.15, 0.2) is 18.2 Å². The number of nitrogens with zero attached hydrogens (tertiary/aromatic N) is 2. The van der Waals surface area contributed by atoms with E-state index in [0.717, 1.165) is 18.7 Å². The van der Waals surface area contributed by atoms with Crippen LogP contribution in [0.1, 0.15) is 15.9 Å². The average molecular weight is 263 g/mol. The fourth-order valence-electron chi connectivity index (χ4n) is 2.46. The molecule has 0 saturated carbocycles. The minimum atomic E-state index is 0.0132. The van der Waals surface area contributed by atoms with Crippen molar-refractivity contribution >= 4 is 11.6 Å². The van der Waals surface area contributed by atoms with Gasteiger partial charge in [0.15, 0.2) is 0 Å². The van der Waals surface area contributed by atoms with Crippen LogP contribution in [0.2, 0.25) is 0 Å². The van der Waals surface area contributed by atoms with Crippen LogP contribution < -0.4 is 5.73 Å². The number of benzene rings is 1. The third-order valence-electron chi connectivity index (χ3n) is 3.59. The van der Waals surface area contributed by atoms with E-state index in [1.54, 1.807) is 6.07 Å². The standard InChI is InChI=1S/C14H21N3O2/c1-11-3-2-4-12(15)13(11)14(19)17-7-5-16(6-8-17)9-10-18/h2-4,18H,5-10,15H2,1H3. The topological polar surface area (TPSA) is 69.8 Å². The molecule has 2 rings (SSSR count). The highest BCUT2D eigenvalue weighted by Crippen LogP contribution is 2.19. The van der Waals surface area contributed by atoms with Gasteiger partial charge in [-0.2, -0.15) is 0 Å². The quantitative estimate of drug-likeness (QED) is 0.771. The molecule has 1 aliphatic heterocycles. The molecule has 5 nitrogen and oxygen atoms in total. The Morgan fingerprint density at radius 1 is 1.32 bits per heavy atom. The monoisotopic (exact) mass is 263 g/mol. The number of β-amino-alcohol motifs (C(OH)–C–C–N with tert-alkyl or cyclic N) is 1. The highest BCUT2D eigenvalue weighted by atomic mass is 16.3. The molecule has 1 fully saturated rings. The largest absolute Gasteiger partial charge is 0.398 e. The van der Waals surface area contributed by atoms with E-state index in [1.165, 1.54) is 0 Å². The summed E-state index contributed by atoms with van der Waals surface area (Å²) in [6.45, 7) is 5.73. The van der Waals surface area contributed by atoms with Crippen molar-refractivity contribution in [2.45, 2.75) is 6.92 Å². The van der Waals surface area contributed by atoms with Crippen LogP contribution in [0.4, 0.5) is 5.69 Å². The average Bonchev–Trinajstić information content (AvgIpc) is 2.39. The number of nitrogen functional groups attached to an aromatic ring is 1. The zero-order valence-electron chi connectivity index (χ0n) is 11.3. The number of aryl methyl sites for hydroxylation is 1. The van der Waals surface area contributed by atoms with Gasteiger partial charge in [-0.05, 0) is 18.6 Å². The summed E-state index contributed by atoms with van der Waals surface area (Å²) >= 11 is 0. The van der Waals surface area contributed by atoms with Gasteiger partial charge in [-0.3, -0.25) is 9.69 Å². The number of carbonyl (C=O) groups excluding carboxylic acids is 1. The predicted molar refractivity (Wildman–Crippen MR) is 75.0 cm³/mol. The van der Waals surface area contributed by atoms with Crippen LogP contribution in [0.3, 0.4) is 0 Å². The Bertz CT molecular complexity index is 434. The fourth-order valence-corrected chi connectivity index (χ4v) is 2.46. The molecule has 0 aromatic heterocycles. The molecule has 1 heterocycles. The first-order valence-electron chi connectivity index (χ1n) is 6.61. The van der Waals surface area contributed by atoms with Gasteiger partial charge in [-0.15, -0.1) is 0 Å². The van der Waals surface area contributed by atoms with E-state index in [1.807, 2.05) is 24.0 Å². The smallest absolute Gasteiger partial charge is 0.256 e. The molecule has 0 radical (unpaired) electrons. The summed E-state index contributed by atoms with van der Waals surface area (Å²) in [6.07, 6.45) is 0. The van der Waals surface area contributed by atoms with Crippen molar-refractivity contribution in [2.75, 3.05) is 45.1 Å². The highest BCUT2D eigenvalue weighted by Gasteiger charge is 2.24. The summed E-state index contributed by atoms with van der Waals surface area (Å²) in [5.74, 6) is 0.0132. The molecule has 0 unspecified atom stereocenters. The molecule has 19 heavy (non-hydrogen) atoms. The summed E-state index contributed by atoms with van der Waals surface area (Å²) in [7, 11) is 0. The van der Waals surface area contributed by atoms with Crippen molar-refractivity contribution in [3.8, 4) is 0 Å². The van der Waals surface area contributed by atoms with E-state index in [0.29, 0.717) is 30.9 Å². The predicted octanol–water partition coefficient (Wildman–Crippen LogP) is 0.327. The molecule has 1 aromatic rings. The molecule has 0 bridgehead atoms. The number of carbonyl (C=O) groups is 1. The fraction of sp³-hybridized carbons (Fsp3) is 0.500. The van der Waals surface area contributed by atoms with E-state index >= 15 is 0 Å². The summed E-state index contributed by atoms with van der Waals surface area (Å²) in [4.78, 5) is 16.5. The SMILES string of the molecule is Cc1cccc(N)c1C(=O)N1CCN(CCO)CC1. The molecule has 0 spiro atoms. The van der Waals surface area contributed by atoms with Crippen molar-refractivity contribution in [1.29, 1.82) is 0 Å². The molecule has 0 atom stereocenters. The minimum absolute atomic E-state index is 0.0132. The lowest BCUT2D eigenvalue weighted by molar-refractivity contribution is 0.0615. The van der Waals surface area contributed by atoms with Gasteiger partial charge in [0.2, 0.25) is 0 Å². The normalized spacial score (nSPS) is 16.6. The van der Waals surface area contributed by atoms with Crippen LogP contribution in [0, 0.1) is 6.92 Å². The number of nitrogens with two attached hydrogens (primary N) is 1. The van der Waals surface area contributed by atoms with Crippen molar-refractivity contribution in [3.63, 3.8) is 0 Å². The maximum atomic E-state index is 12.5. The van der Waals surface area contributed by atoms with E-state index in [2.05, 4.69) is 4.90 Å². The van der Waals surface area contributed by atoms with Crippen LogP contribution in [-0.2, 0) is 0 Å². The first-order valence-corrected chi connectivity index (χ1v) is 6.61. The van der Waals surface area contributed by atoms with Crippen LogP contribution in [-0.4, -0.2) is 60.1 Å². The molecular formula is C14H21N3O2. The molecule has 1 aliphatic rings. The Morgan fingerprint density at radius 2 is 2.00 bits per heavy atom. The third kappa shape index (κ3) is 3.05. The van der Waals surface area contributed by atoms with Gasteiger partial charge in [0.1, 0.15) is 0 Å². The van der Waals surface area contributed by atoms with Crippen molar-refractivity contribution in [3.05, 3.63) is 29.3 Å². The third-order valence-corrected chi connectivity index (χ3v) is 3.59. The number of hydrogen-bond donors (Lipinski definition) is 2. The van der Waals surface area contributed by atoms with Crippen LogP contribution in [0.5, 0.6) is 0 Å². The zero-order chi connectivity index (χ0) is 13.8. The summed E-state index contributed by atoms with van der Waals surface area (Å²) in [5, 5.41) is 8.91. The maximum Gasteiger partial charge on any atom is 0.256 e. The Balaban J connectivity index is 2.05. The van der Waals surface area contributed by atoms with Crippen molar-refractivity contribution < 1.29 is 9.90 Å². The maximum absolute atomic E-state index is 12.5. The van der Waals surface area contributed by atoms with Gasteiger partial charge in [0.25, 0.3) is 5.91 Å².